The smallest absolute Gasteiger partial charge is 0.251 e. The van der Waals surface area contributed by atoms with Crippen molar-refractivity contribution >= 4 is 17.6 Å². The van der Waals surface area contributed by atoms with Crippen molar-refractivity contribution in [3.63, 3.8) is 0 Å². The number of carbonyl (C=O) groups is 2. The van der Waals surface area contributed by atoms with E-state index in [2.05, 4.69) is 20.8 Å². The summed E-state index contributed by atoms with van der Waals surface area (Å²) in [4.78, 5) is 23.5. The average molecular weight is 272 g/mol. The molecule has 2 amide bonds. The molecule has 104 valence electrons. The molecule has 0 fully saturated rings. The molecule has 1 heterocycles. The normalized spacial score (nSPS) is 10.1. The summed E-state index contributed by atoms with van der Waals surface area (Å²) in [6.07, 6.45) is 1.61. The molecule has 0 saturated heterocycles. The molecule has 1 aromatic carbocycles. The van der Waals surface area contributed by atoms with Crippen LogP contribution in [0, 0.1) is 13.8 Å². The van der Waals surface area contributed by atoms with Gasteiger partial charge in [-0.3, -0.25) is 14.7 Å². The minimum atomic E-state index is -0.308. The SMILES string of the molecule is Cc1ccc(C(=O)NCC(=O)Nc2[nH]ncc2C)cc1. The topological polar surface area (TPSA) is 86.9 Å². The van der Waals surface area contributed by atoms with Crippen LogP contribution in [0.25, 0.3) is 0 Å². The molecule has 1 aromatic heterocycles. The number of carbonyl (C=O) groups excluding carboxylic acids is 2. The summed E-state index contributed by atoms with van der Waals surface area (Å²) in [6.45, 7) is 3.68. The highest BCUT2D eigenvalue weighted by molar-refractivity contribution is 5.99. The third-order valence-corrected chi connectivity index (χ3v) is 2.82. The number of aryl methyl sites for hydroxylation is 2. The van der Waals surface area contributed by atoms with Crippen LogP contribution in [0.3, 0.4) is 0 Å². The second-order valence-electron chi connectivity index (χ2n) is 4.52. The quantitative estimate of drug-likeness (QED) is 0.786. The van der Waals surface area contributed by atoms with E-state index in [0.717, 1.165) is 11.1 Å². The molecule has 2 aromatic rings. The van der Waals surface area contributed by atoms with Crippen LogP contribution in [-0.2, 0) is 4.79 Å². The summed E-state index contributed by atoms with van der Waals surface area (Å²) >= 11 is 0. The number of anilines is 1. The minimum Gasteiger partial charge on any atom is -0.343 e. The first-order valence-corrected chi connectivity index (χ1v) is 6.21. The lowest BCUT2D eigenvalue weighted by atomic mass is 10.1. The Morgan fingerprint density at radius 3 is 2.50 bits per heavy atom. The Kier molecular flexibility index (Phi) is 4.14. The first-order chi connectivity index (χ1) is 9.56. The molecule has 0 aliphatic carbocycles. The number of hydrogen-bond acceptors (Lipinski definition) is 3. The van der Waals surface area contributed by atoms with E-state index in [-0.39, 0.29) is 18.4 Å². The second kappa shape index (κ2) is 6.01. The van der Waals surface area contributed by atoms with Gasteiger partial charge in [-0.05, 0) is 26.0 Å². The molecule has 0 saturated carbocycles. The third kappa shape index (κ3) is 3.44. The minimum absolute atomic E-state index is 0.0921. The molecule has 0 aliphatic heterocycles. The van der Waals surface area contributed by atoms with Gasteiger partial charge in [-0.15, -0.1) is 0 Å². The van der Waals surface area contributed by atoms with Gasteiger partial charge >= 0.3 is 0 Å². The molecule has 0 radical (unpaired) electrons. The molecule has 0 bridgehead atoms. The second-order valence-corrected chi connectivity index (χ2v) is 4.52. The van der Waals surface area contributed by atoms with Crippen molar-refractivity contribution in [3.8, 4) is 0 Å². The summed E-state index contributed by atoms with van der Waals surface area (Å²) in [5.74, 6) is -0.0427. The first-order valence-electron chi connectivity index (χ1n) is 6.21. The van der Waals surface area contributed by atoms with Crippen molar-refractivity contribution in [3.05, 3.63) is 47.2 Å². The van der Waals surface area contributed by atoms with Crippen molar-refractivity contribution in [2.75, 3.05) is 11.9 Å². The number of aromatic nitrogens is 2. The molecule has 3 N–H and O–H groups in total. The number of nitrogens with zero attached hydrogens (tertiary/aromatic N) is 1. The van der Waals surface area contributed by atoms with Gasteiger partial charge < -0.3 is 10.6 Å². The molecule has 6 nitrogen and oxygen atoms in total. The van der Waals surface area contributed by atoms with E-state index in [0.29, 0.717) is 11.4 Å². The predicted molar refractivity (Wildman–Crippen MR) is 75.5 cm³/mol. The Morgan fingerprint density at radius 2 is 1.90 bits per heavy atom. The van der Waals surface area contributed by atoms with Gasteiger partial charge in [0.25, 0.3) is 5.91 Å². The highest BCUT2D eigenvalue weighted by atomic mass is 16.2. The monoisotopic (exact) mass is 272 g/mol. The van der Waals surface area contributed by atoms with E-state index < -0.39 is 0 Å². The Labute approximate surface area is 116 Å². The lowest BCUT2D eigenvalue weighted by molar-refractivity contribution is -0.115. The molecular weight excluding hydrogens is 256 g/mol. The zero-order valence-corrected chi connectivity index (χ0v) is 11.4. The van der Waals surface area contributed by atoms with Crippen LogP contribution in [0.5, 0.6) is 0 Å². The molecular formula is C14H16N4O2. The van der Waals surface area contributed by atoms with Gasteiger partial charge in [0, 0.05) is 11.1 Å². The van der Waals surface area contributed by atoms with E-state index in [4.69, 9.17) is 0 Å². The molecule has 0 atom stereocenters. The lowest BCUT2D eigenvalue weighted by Gasteiger charge is -2.06. The Morgan fingerprint density at radius 1 is 1.20 bits per heavy atom. The maximum absolute atomic E-state index is 11.8. The summed E-state index contributed by atoms with van der Waals surface area (Å²) < 4.78 is 0. The highest BCUT2D eigenvalue weighted by Crippen LogP contribution is 2.07. The van der Waals surface area contributed by atoms with E-state index >= 15 is 0 Å². The first kappa shape index (κ1) is 13.8. The number of rotatable bonds is 4. The van der Waals surface area contributed by atoms with Crippen LogP contribution in [0.2, 0.25) is 0 Å². The van der Waals surface area contributed by atoms with Crippen LogP contribution in [0.1, 0.15) is 21.5 Å². The van der Waals surface area contributed by atoms with Crippen molar-refractivity contribution in [2.45, 2.75) is 13.8 Å². The Bertz CT molecular complexity index is 616. The van der Waals surface area contributed by atoms with E-state index in [1.807, 2.05) is 26.0 Å². The van der Waals surface area contributed by atoms with Gasteiger partial charge in [0.05, 0.1) is 12.7 Å². The Hall–Kier alpha value is -2.63. The fourth-order valence-electron chi connectivity index (χ4n) is 1.62. The van der Waals surface area contributed by atoms with Gasteiger partial charge in [0.2, 0.25) is 5.91 Å². The van der Waals surface area contributed by atoms with Crippen molar-refractivity contribution in [1.29, 1.82) is 0 Å². The number of benzene rings is 1. The molecule has 0 unspecified atom stereocenters. The number of aromatic amines is 1. The van der Waals surface area contributed by atoms with Crippen molar-refractivity contribution in [1.82, 2.24) is 15.5 Å². The van der Waals surface area contributed by atoms with Crippen LogP contribution < -0.4 is 10.6 Å². The summed E-state index contributed by atoms with van der Waals surface area (Å²) in [6, 6.07) is 7.15. The maximum Gasteiger partial charge on any atom is 0.251 e. The van der Waals surface area contributed by atoms with Crippen molar-refractivity contribution < 1.29 is 9.59 Å². The predicted octanol–water partition coefficient (Wildman–Crippen LogP) is 1.40. The van der Waals surface area contributed by atoms with Crippen LogP contribution in [-0.4, -0.2) is 28.6 Å². The van der Waals surface area contributed by atoms with Crippen molar-refractivity contribution in [2.24, 2.45) is 0 Å². The van der Waals surface area contributed by atoms with Crippen LogP contribution in [0.15, 0.2) is 30.5 Å². The van der Waals surface area contributed by atoms with Gasteiger partial charge in [0.1, 0.15) is 5.82 Å². The summed E-state index contributed by atoms with van der Waals surface area (Å²) in [5.41, 5.74) is 2.44. The molecule has 0 spiro atoms. The van der Waals surface area contributed by atoms with Gasteiger partial charge in [-0.25, -0.2) is 0 Å². The van der Waals surface area contributed by atoms with Gasteiger partial charge in [-0.1, -0.05) is 17.7 Å². The number of hydrogen-bond donors (Lipinski definition) is 3. The van der Waals surface area contributed by atoms with Crippen LogP contribution in [0.4, 0.5) is 5.82 Å². The van der Waals surface area contributed by atoms with E-state index in [1.165, 1.54) is 0 Å². The fraction of sp³-hybridized carbons (Fsp3) is 0.214. The number of amides is 2. The zero-order chi connectivity index (χ0) is 14.5. The summed E-state index contributed by atoms with van der Waals surface area (Å²) in [5, 5.41) is 11.7. The van der Waals surface area contributed by atoms with Crippen LogP contribution >= 0.6 is 0 Å². The largest absolute Gasteiger partial charge is 0.343 e. The standard InChI is InChI=1S/C14H16N4O2/c1-9-3-5-11(6-4-9)14(20)15-8-12(19)17-13-10(2)7-16-18-13/h3-7H,8H2,1-2H3,(H,15,20)(H2,16,17,18,19). The molecule has 2 rings (SSSR count). The molecule has 20 heavy (non-hydrogen) atoms. The summed E-state index contributed by atoms with van der Waals surface area (Å²) in [7, 11) is 0. The number of nitrogens with one attached hydrogen (secondary N) is 3. The zero-order valence-electron chi connectivity index (χ0n) is 11.4. The molecule has 6 heteroatoms. The van der Waals surface area contributed by atoms with E-state index in [1.54, 1.807) is 18.3 Å². The number of H-pyrrole nitrogens is 1. The van der Waals surface area contributed by atoms with Gasteiger partial charge in [-0.2, -0.15) is 5.10 Å². The van der Waals surface area contributed by atoms with E-state index in [9.17, 15) is 9.59 Å². The Balaban J connectivity index is 1.85. The van der Waals surface area contributed by atoms with Gasteiger partial charge in [0.15, 0.2) is 0 Å². The highest BCUT2D eigenvalue weighted by Gasteiger charge is 2.09. The average Bonchev–Trinajstić information content (AvgIpc) is 2.82. The third-order valence-electron chi connectivity index (χ3n) is 2.82. The molecule has 0 aliphatic rings. The fourth-order valence-corrected chi connectivity index (χ4v) is 1.62. The maximum atomic E-state index is 11.8. The lowest BCUT2D eigenvalue weighted by Crippen LogP contribution is -2.33.